The van der Waals surface area contributed by atoms with Gasteiger partial charge >= 0.3 is 0 Å². The lowest BCUT2D eigenvalue weighted by atomic mass is 10.1. The number of carbonyl (C=O) groups is 1. The van der Waals surface area contributed by atoms with Crippen molar-refractivity contribution in [1.29, 1.82) is 0 Å². The van der Waals surface area contributed by atoms with Crippen LogP contribution in [0.2, 0.25) is 0 Å². The molecular weight excluding hydrogens is 346 g/mol. The van der Waals surface area contributed by atoms with E-state index in [0.717, 1.165) is 23.4 Å². The molecule has 0 aliphatic heterocycles. The summed E-state index contributed by atoms with van der Waals surface area (Å²) < 4.78 is 1.51. The molecule has 0 aliphatic rings. The Balaban J connectivity index is 2.22. The van der Waals surface area contributed by atoms with Gasteiger partial charge in [0.15, 0.2) is 5.16 Å². The fourth-order valence-corrected chi connectivity index (χ4v) is 3.72. The summed E-state index contributed by atoms with van der Waals surface area (Å²) in [4.78, 5) is 29.4. The molecule has 1 N–H and O–H groups in total. The second kappa shape index (κ2) is 9.03. The minimum absolute atomic E-state index is 0.0590. The predicted molar refractivity (Wildman–Crippen MR) is 108 cm³/mol. The first-order valence-corrected chi connectivity index (χ1v) is 9.85. The van der Waals surface area contributed by atoms with Crippen molar-refractivity contribution in [1.82, 2.24) is 9.55 Å². The number of nitrogens with one attached hydrogen (secondary N) is 1. The Morgan fingerprint density at radius 2 is 1.96 bits per heavy atom. The number of thioether (sulfide) groups is 1. The number of aryl methyl sites for hydroxylation is 3. The first kappa shape index (κ1) is 20.2. The molecule has 0 bridgehead atoms. The molecule has 26 heavy (non-hydrogen) atoms. The van der Waals surface area contributed by atoms with Crippen molar-refractivity contribution >= 4 is 23.4 Å². The van der Waals surface area contributed by atoms with Gasteiger partial charge in [0.05, 0.1) is 5.25 Å². The van der Waals surface area contributed by atoms with Crippen LogP contribution in [0.3, 0.4) is 0 Å². The van der Waals surface area contributed by atoms with Gasteiger partial charge in [0.25, 0.3) is 5.56 Å². The number of aromatic nitrogens is 2. The van der Waals surface area contributed by atoms with Gasteiger partial charge in [0.2, 0.25) is 5.91 Å². The van der Waals surface area contributed by atoms with Gasteiger partial charge in [-0.3, -0.25) is 14.2 Å². The van der Waals surface area contributed by atoms with Crippen LogP contribution >= 0.6 is 11.8 Å². The topological polar surface area (TPSA) is 64.0 Å². The fraction of sp³-hybridized carbons (Fsp3) is 0.450. The van der Waals surface area contributed by atoms with Crippen LogP contribution in [-0.4, -0.2) is 20.7 Å². The van der Waals surface area contributed by atoms with Crippen molar-refractivity contribution in [2.24, 2.45) is 7.05 Å². The molecule has 5 nitrogen and oxygen atoms in total. The average Bonchev–Trinajstić information content (AvgIpc) is 2.61. The second-order valence-electron chi connectivity index (χ2n) is 6.46. The molecule has 2 rings (SSSR count). The van der Waals surface area contributed by atoms with E-state index in [9.17, 15) is 9.59 Å². The molecule has 1 unspecified atom stereocenters. The lowest BCUT2D eigenvalue weighted by Gasteiger charge is -2.17. The van der Waals surface area contributed by atoms with Gasteiger partial charge in [-0.2, -0.15) is 0 Å². The maximum Gasteiger partial charge on any atom is 0.254 e. The Morgan fingerprint density at radius 3 is 2.58 bits per heavy atom. The number of carbonyl (C=O) groups excluding carboxylic acids is 1. The summed E-state index contributed by atoms with van der Waals surface area (Å²) in [5.74, 6) is -0.0590. The van der Waals surface area contributed by atoms with E-state index in [4.69, 9.17) is 0 Å². The zero-order chi connectivity index (χ0) is 19.3. The van der Waals surface area contributed by atoms with Gasteiger partial charge in [-0.25, -0.2) is 4.98 Å². The van der Waals surface area contributed by atoms with Crippen LogP contribution in [-0.2, 0) is 18.3 Å². The summed E-state index contributed by atoms with van der Waals surface area (Å²) in [5.41, 5.74) is 3.79. The molecule has 0 saturated heterocycles. The Bertz CT molecular complexity index is 845. The molecule has 1 heterocycles. The first-order chi connectivity index (χ1) is 12.3. The third kappa shape index (κ3) is 4.97. The molecule has 0 saturated carbocycles. The minimum Gasteiger partial charge on any atom is -0.325 e. The summed E-state index contributed by atoms with van der Waals surface area (Å²) in [6.45, 7) is 8.08. The van der Waals surface area contributed by atoms with Gasteiger partial charge in [-0.1, -0.05) is 38.1 Å². The SMILES string of the molecule is CCCC(Sc1nc(CC)cc(=O)n1C)C(=O)Nc1ccc(C)c(C)c1. The van der Waals surface area contributed by atoms with Gasteiger partial charge in [0.1, 0.15) is 0 Å². The van der Waals surface area contributed by atoms with E-state index in [1.54, 1.807) is 13.1 Å². The molecule has 1 aromatic heterocycles. The average molecular weight is 374 g/mol. The quantitative estimate of drug-likeness (QED) is 0.591. The van der Waals surface area contributed by atoms with Gasteiger partial charge < -0.3 is 5.32 Å². The van der Waals surface area contributed by atoms with Gasteiger partial charge in [-0.15, -0.1) is 0 Å². The van der Waals surface area contributed by atoms with Crippen molar-refractivity contribution in [2.75, 3.05) is 5.32 Å². The number of hydrogen-bond acceptors (Lipinski definition) is 4. The Kier molecular flexibility index (Phi) is 7.03. The van der Waals surface area contributed by atoms with Crippen LogP contribution in [0.1, 0.15) is 43.5 Å². The minimum atomic E-state index is -0.299. The van der Waals surface area contributed by atoms with Crippen molar-refractivity contribution in [3.8, 4) is 0 Å². The van der Waals surface area contributed by atoms with Crippen molar-refractivity contribution < 1.29 is 4.79 Å². The Morgan fingerprint density at radius 1 is 1.23 bits per heavy atom. The lowest BCUT2D eigenvalue weighted by molar-refractivity contribution is -0.115. The number of benzene rings is 1. The van der Waals surface area contributed by atoms with Gasteiger partial charge in [-0.05, 0) is 49.9 Å². The number of amides is 1. The van der Waals surface area contributed by atoms with Crippen molar-refractivity contribution in [3.05, 3.63) is 51.4 Å². The highest BCUT2D eigenvalue weighted by atomic mass is 32.2. The molecule has 6 heteroatoms. The number of hydrogen-bond donors (Lipinski definition) is 1. The fourth-order valence-electron chi connectivity index (χ4n) is 2.53. The van der Waals surface area contributed by atoms with Crippen LogP contribution in [0, 0.1) is 13.8 Å². The van der Waals surface area contributed by atoms with Crippen LogP contribution in [0.15, 0.2) is 34.2 Å². The van der Waals surface area contributed by atoms with E-state index in [2.05, 4.69) is 10.3 Å². The summed E-state index contributed by atoms with van der Waals surface area (Å²) in [5, 5.41) is 3.29. The van der Waals surface area contributed by atoms with E-state index in [-0.39, 0.29) is 16.7 Å². The van der Waals surface area contributed by atoms with Gasteiger partial charge in [0, 0.05) is 24.5 Å². The summed E-state index contributed by atoms with van der Waals surface area (Å²) >= 11 is 1.36. The summed E-state index contributed by atoms with van der Waals surface area (Å²) in [6.07, 6.45) is 2.28. The highest BCUT2D eigenvalue weighted by Gasteiger charge is 2.22. The van der Waals surface area contributed by atoms with Crippen LogP contribution in [0.25, 0.3) is 0 Å². The highest BCUT2D eigenvalue weighted by Crippen LogP contribution is 2.26. The molecule has 2 aromatic rings. The molecule has 1 amide bonds. The lowest BCUT2D eigenvalue weighted by Crippen LogP contribution is -2.27. The third-order valence-corrected chi connectivity index (χ3v) is 5.68. The van der Waals surface area contributed by atoms with Crippen LogP contribution in [0.4, 0.5) is 5.69 Å². The van der Waals surface area contributed by atoms with Crippen LogP contribution < -0.4 is 10.9 Å². The smallest absolute Gasteiger partial charge is 0.254 e. The molecule has 0 radical (unpaired) electrons. The monoisotopic (exact) mass is 373 g/mol. The van der Waals surface area contributed by atoms with E-state index < -0.39 is 0 Å². The van der Waals surface area contributed by atoms with E-state index in [1.165, 1.54) is 21.9 Å². The normalized spacial score (nSPS) is 12.0. The maximum absolute atomic E-state index is 12.8. The van der Waals surface area contributed by atoms with Crippen molar-refractivity contribution in [3.63, 3.8) is 0 Å². The van der Waals surface area contributed by atoms with Crippen LogP contribution in [0.5, 0.6) is 0 Å². The summed E-state index contributed by atoms with van der Waals surface area (Å²) in [7, 11) is 1.70. The van der Waals surface area contributed by atoms with E-state index in [1.807, 2.05) is 45.9 Å². The van der Waals surface area contributed by atoms with E-state index >= 15 is 0 Å². The maximum atomic E-state index is 12.8. The zero-order valence-corrected chi connectivity index (χ0v) is 16.9. The molecule has 0 spiro atoms. The zero-order valence-electron chi connectivity index (χ0n) is 16.1. The summed E-state index contributed by atoms with van der Waals surface area (Å²) in [6, 6.07) is 7.45. The molecule has 140 valence electrons. The Hall–Kier alpha value is -2.08. The third-order valence-electron chi connectivity index (χ3n) is 4.37. The molecular formula is C20H27N3O2S. The molecule has 1 aromatic carbocycles. The predicted octanol–water partition coefficient (Wildman–Crippen LogP) is 3.86. The highest BCUT2D eigenvalue weighted by molar-refractivity contribution is 8.00. The number of anilines is 1. The number of nitrogens with zero attached hydrogens (tertiary/aromatic N) is 2. The Labute approximate surface area is 159 Å². The largest absolute Gasteiger partial charge is 0.325 e. The second-order valence-corrected chi connectivity index (χ2v) is 7.63. The molecule has 1 atom stereocenters. The first-order valence-electron chi connectivity index (χ1n) is 8.97. The number of rotatable bonds is 7. The molecule has 0 aliphatic carbocycles. The standard InChI is InChI=1S/C20H27N3O2S/c1-6-8-17(19(25)21-16-10-9-13(3)14(4)11-16)26-20-22-15(7-2)12-18(24)23(20)5/h9-12,17H,6-8H2,1-5H3,(H,21,25). The van der Waals surface area contributed by atoms with Crippen molar-refractivity contribution in [2.45, 2.75) is 57.4 Å². The molecule has 0 fully saturated rings. The van der Waals surface area contributed by atoms with E-state index in [0.29, 0.717) is 18.0 Å².